The third-order valence-electron chi connectivity index (χ3n) is 3.45. The van der Waals surface area contributed by atoms with Gasteiger partial charge in [0.25, 0.3) is 0 Å². The summed E-state index contributed by atoms with van der Waals surface area (Å²) in [5.41, 5.74) is 2.74. The summed E-state index contributed by atoms with van der Waals surface area (Å²) in [6.07, 6.45) is 0. The van der Waals surface area contributed by atoms with Crippen molar-refractivity contribution >= 4 is 0 Å². The van der Waals surface area contributed by atoms with Crippen molar-refractivity contribution in [2.24, 2.45) is 0 Å². The van der Waals surface area contributed by atoms with Gasteiger partial charge in [-0.2, -0.15) is 0 Å². The first-order valence-electron chi connectivity index (χ1n) is 7.18. The van der Waals surface area contributed by atoms with Gasteiger partial charge in [0.2, 0.25) is 0 Å². The first kappa shape index (κ1) is 16.2. The van der Waals surface area contributed by atoms with Crippen molar-refractivity contribution in [1.29, 1.82) is 0 Å². The van der Waals surface area contributed by atoms with E-state index in [0.29, 0.717) is 6.04 Å². The predicted octanol–water partition coefficient (Wildman–Crippen LogP) is 2.18. The molecule has 0 aromatic heterocycles. The molecule has 0 spiro atoms. The van der Waals surface area contributed by atoms with E-state index in [-0.39, 0.29) is 0 Å². The van der Waals surface area contributed by atoms with Crippen molar-refractivity contribution < 1.29 is 0 Å². The molecule has 108 valence electrons. The predicted molar refractivity (Wildman–Crippen MR) is 83.3 cm³/mol. The lowest BCUT2D eigenvalue weighted by Crippen LogP contribution is -2.39. The van der Waals surface area contributed by atoms with E-state index in [4.69, 9.17) is 0 Å². The van der Waals surface area contributed by atoms with Crippen molar-refractivity contribution in [1.82, 2.24) is 15.1 Å². The highest BCUT2D eigenvalue weighted by Crippen LogP contribution is 2.10. The van der Waals surface area contributed by atoms with Crippen molar-refractivity contribution in [3.63, 3.8) is 0 Å². The highest BCUT2D eigenvalue weighted by Gasteiger charge is 2.13. The van der Waals surface area contributed by atoms with Gasteiger partial charge in [-0.05, 0) is 45.7 Å². The summed E-state index contributed by atoms with van der Waals surface area (Å²) >= 11 is 0. The summed E-state index contributed by atoms with van der Waals surface area (Å²) in [4.78, 5) is 4.77. The van der Waals surface area contributed by atoms with E-state index in [9.17, 15) is 0 Å². The topological polar surface area (TPSA) is 18.5 Å². The molecule has 19 heavy (non-hydrogen) atoms. The molecule has 0 aliphatic rings. The van der Waals surface area contributed by atoms with Crippen LogP contribution in [0.2, 0.25) is 0 Å². The molecule has 1 aromatic rings. The summed E-state index contributed by atoms with van der Waals surface area (Å²) in [5.74, 6) is 0. The minimum absolute atomic E-state index is 0.581. The van der Waals surface area contributed by atoms with E-state index in [1.807, 2.05) is 7.05 Å². The van der Waals surface area contributed by atoms with Crippen LogP contribution in [0.15, 0.2) is 24.3 Å². The van der Waals surface area contributed by atoms with E-state index < -0.39 is 0 Å². The van der Waals surface area contributed by atoms with E-state index in [2.05, 4.69) is 67.3 Å². The first-order chi connectivity index (χ1) is 9.06. The van der Waals surface area contributed by atoms with Gasteiger partial charge in [0.15, 0.2) is 0 Å². The second kappa shape index (κ2) is 8.31. The molecule has 0 saturated heterocycles. The van der Waals surface area contributed by atoms with E-state index in [1.165, 1.54) is 11.1 Å². The van der Waals surface area contributed by atoms with Gasteiger partial charge in [-0.15, -0.1) is 0 Å². The normalized spacial score (nSPS) is 13.2. The highest BCUT2D eigenvalue weighted by atomic mass is 15.2. The quantitative estimate of drug-likeness (QED) is 0.775. The Morgan fingerprint density at radius 3 is 2.16 bits per heavy atom. The number of benzene rings is 1. The Bertz CT molecular complexity index is 346. The zero-order valence-corrected chi connectivity index (χ0v) is 13.1. The Kier molecular flexibility index (Phi) is 7.06. The molecule has 1 rings (SSSR count). The van der Waals surface area contributed by atoms with Gasteiger partial charge in [-0.3, -0.25) is 4.90 Å². The van der Waals surface area contributed by atoms with Gasteiger partial charge in [0.05, 0.1) is 0 Å². The van der Waals surface area contributed by atoms with Crippen LogP contribution in [0.5, 0.6) is 0 Å². The van der Waals surface area contributed by atoms with Gasteiger partial charge < -0.3 is 10.2 Å². The molecule has 0 bridgehead atoms. The Labute approximate surface area is 118 Å². The maximum absolute atomic E-state index is 3.18. The molecule has 3 heteroatoms. The second-order valence-corrected chi connectivity index (χ2v) is 5.52. The van der Waals surface area contributed by atoms with Crippen LogP contribution in [0.3, 0.4) is 0 Å². The first-order valence-corrected chi connectivity index (χ1v) is 7.18. The number of nitrogens with zero attached hydrogens (tertiary/aromatic N) is 2. The number of likely N-dealkylation sites (N-methyl/N-ethyl adjacent to an activating group) is 2. The average Bonchev–Trinajstić information content (AvgIpc) is 2.37. The van der Waals surface area contributed by atoms with Crippen LogP contribution < -0.4 is 5.32 Å². The second-order valence-electron chi connectivity index (χ2n) is 5.52. The SMILES string of the molecule is CCN(Cc1ccc(CNC)cc1)C(C)CN(C)C. The smallest absolute Gasteiger partial charge is 0.0236 e. The molecule has 3 nitrogen and oxygen atoms in total. The molecule has 1 atom stereocenters. The number of rotatable bonds is 8. The Balaban J connectivity index is 2.59. The molecule has 1 aromatic carbocycles. The number of hydrogen-bond acceptors (Lipinski definition) is 3. The molecule has 0 heterocycles. The van der Waals surface area contributed by atoms with Crippen LogP contribution in [-0.2, 0) is 13.1 Å². The Hall–Kier alpha value is -0.900. The summed E-state index contributed by atoms with van der Waals surface area (Å²) in [6.45, 7) is 8.71. The molecule has 1 unspecified atom stereocenters. The number of nitrogens with one attached hydrogen (secondary N) is 1. The molecule has 0 fully saturated rings. The summed E-state index contributed by atoms with van der Waals surface area (Å²) in [6, 6.07) is 9.51. The third kappa shape index (κ3) is 5.72. The molecule has 0 radical (unpaired) electrons. The van der Waals surface area contributed by atoms with Gasteiger partial charge in [0, 0.05) is 25.7 Å². The monoisotopic (exact) mass is 263 g/mol. The van der Waals surface area contributed by atoms with E-state index in [0.717, 1.165) is 26.2 Å². The van der Waals surface area contributed by atoms with Gasteiger partial charge >= 0.3 is 0 Å². The summed E-state index contributed by atoms with van der Waals surface area (Å²) in [7, 11) is 6.25. The lowest BCUT2D eigenvalue weighted by molar-refractivity contribution is 0.174. The van der Waals surface area contributed by atoms with Crippen LogP contribution in [0, 0.1) is 0 Å². The zero-order chi connectivity index (χ0) is 14.3. The third-order valence-corrected chi connectivity index (χ3v) is 3.45. The summed E-state index contributed by atoms with van der Waals surface area (Å²) < 4.78 is 0. The molecule has 0 amide bonds. The Morgan fingerprint density at radius 2 is 1.68 bits per heavy atom. The van der Waals surface area contributed by atoms with Crippen LogP contribution >= 0.6 is 0 Å². The van der Waals surface area contributed by atoms with Gasteiger partial charge in [0.1, 0.15) is 0 Å². The fourth-order valence-electron chi connectivity index (χ4n) is 2.42. The maximum Gasteiger partial charge on any atom is 0.0236 e. The maximum atomic E-state index is 3.18. The van der Waals surface area contributed by atoms with E-state index >= 15 is 0 Å². The lowest BCUT2D eigenvalue weighted by atomic mass is 10.1. The van der Waals surface area contributed by atoms with Crippen LogP contribution in [0.1, 0.15) is 25.0 Å². The highest BCUT2D eigenvalue weighted by molar-refractivity contribution is 5.22. The average molecular weight is 263 g/mol. The number of hydrogen-bond donors (Lipinski definition) is 1. The molecular formula is C16H29N3. The van der Waals surface area contributed by atoms with Crippen molar-refractivity contribution in [2.45, 2.75) is 33.0 Å². The van der Waals surface area contributed by atoms with Crippen LogP contribution in [0.4, 0.5) is 0 Å². The lowest BCUT2D eigenvalue weighted by Gasteiger charge is -2.30. The minimum Gasteiger partial charge on any atom is -0.316 e. The van der Waals surface area contributed by atoms with Crippen LogP contribution in [-0.4, -0.2) is 50.1 Å². The zero-order valence-electron chi connectivity index (χ0n) is 13.1. The fraction of sp³-hybridized carbons (Fsp3) is 0.625. The van der Waals surface area contributed by atoms with Gasteiger partial charge in [-0.1, -0.05) is 31.2 Å². The van der Waals surface area contributed by atoms with Crippen molar-refractivity contribution in [3.8, 4) is 0 Å². The molecule has 0 aliphatic heterocycles. The molecule has 1 N–H and O–H groups in total. The van der Waals surface area contributed by atoms with Crippen molar-refractivity contribution in [2.75, 3.05) is 34.2 Å². The van der Waals surface area contributed by atoms with E-state index in [1.54, 1.807) is 0 Å². The standard InChI is InChI=1S/C16H29N3/c1-6-19(14(2)12-18(4)5)13-16-9-7-15(8-10-16)11-17-3/h7-10,14,17H,6,11-13H2,1-5H3. The Morgan fingerprint density at radius 1 is 1.11 bits per heavy atom. The summed E-state index contributed by atoms with van der Waals surface area (Å²) in [5, 5.41) is 3.18. The van der Waals surface area contributed by atoms with Gasteiger partial charge in [-0.25, -0.2) is 0 Å². The largest absolute Gasteiger partial charge is 0.316 e. The molecule has 0 saturated carbocycles. The molecule has 0 aliphatic carbocycles. The minimum atomic E-state index is 0.581. The fourth-order valence-corrected chi connectivity index (χ4v) is 2.42. The van der Waals surface area contributed by atoms with Crippen LogP contribution in [0.25, 0.3) is 0 Å². The van der Waals surface area contributed by atoms with Crippen molar-refractivity contribution in [3.05, 3.63) is 35.4 Å². The molecular weight excluding hydrogens is 234 g/mol.